The van der Waals surface area contributed by atoms with Gasteiger partial charge in [0.2, 0.25) is 0 Å². The second-order valence-corrected chi connectivity index (χ2v) is 5.34. The van der Waals surface area contributed by atoms with Crippen molar-refractivity contribution in [1.82, 2.24) is 15.2 Å². The van der Waals surface area contributed by atoms with Crippen LogP contribution >= 0.6 is 23.1 Å². The van der Waals surface area contributed by atoms with E-state index < -0.39 is 0 Å². The number of nitrogens with two attached hydrogens (primary N) is 1. The molecule has 6 heteroatoms. The lowest BCUT2D eigenvalue weighted by molar-refractivity contribution is 0.976. The van der Waals surface area contributed by atoms with Crippen LogP contribution in [-0.2, 0) is 6.54 Å². The quantitative estimate of drug-likeness (QED) is 0.884. The van der Waals surface area contributed by atoms with E-state index in [1.807, 2.05) is 19.1 Å². The van der Waals surface area contributed by atoms with Crippen LogP contribution in [0.1, 0.15) is 10.6 Å². The smallest absolute Gasteiger partial charge is 0.180 e. The molecule has 4 nitrogen and oxygen atoms in total. The molecule has 0 radical (unpaired) electrons. The van der Waals surface area contributed by atoms with Crippen molar-refractivity contribution >= 4 is 23.1 Å². The maximum absolute atomic E-state index is 5.55. The summed E-state index contributed by atoms with van der Waals surface area (Å²) >= 11 is 3.08. The fraction of sp³-hybridized carbons (Fsp3) is 0.222. The number of pyridine rings is 1. The molecule has 0 amide bonds. The first-order valence-electron chi connectivity index (χ1n) is 4.41. The van der Waals surface area contributed by atoms with Gasteiger partial charge in [-0.25, -0.2) is 4.98 Å². The summed E-state index contributed by atoms with van der Waals surface area (Å²) < 4.78 is 0.911. The normalized spacial score (nSPS) is 10.5. The number of aryl methyl sites for hydroxylation is 1. The van der Waals surface area contributed by atoms with Crippen LogP contribution in [0.15, 0.2) is 27.7 Å². The Morgan fingerprint density at radius 1 is 1.47 bits per heavy atom. The summed E-state index contributed by atoms with van der Waals surface area (Å²) in [6.07, 6.45) is 1.76. The molecule has 2 rings (SSSR count). The van der Waals surface area contributed by atoms with Gasteiger partial charge in [0.1, 0.15) is 10.0 Å². The Kier molecular flexibility index (Phi) is 3.30. The van der Waals surface area contributed by atoms with Crippen molar-refractivity contribution in [3.63, 3.8) is 0 Å². The minimum absolute atomic E-state index is 0.533. The molecule has 0 saturated carbocycles. The lowest BCUT2D eigenvalue weighted by atomic mass is 10.3. The van der Waals surface area contributed by atoms with Gasteiger partial charge in [0.25, 0.3) is 0 Å². The van der Waals surface area contributed by atoms with E-state index in [4.69, 9.17) is 5.73 Å². The van der Waals surface area contributed by atoms with E-state index in [2.05, 4.69) is 15.2 Å². The fourth-order valence-electron chi connectivity index (χ4n) is 1.04. The van der Waals surface area contributed by atoms with Gasteiger partial charge in [-0.1, -0.05) is 11.3 Å². The summed E-state index contributed by atoms with van der Waals surface area (Å²) in [6, 6.07) is 3.89. The highest BCUT2D eigenvalue weighted by Gasteiger charge is 2.04. The summed E-state index contributed by atoms with van der Waals surface area (Å²) in [5.41, 5.74) is 6.63. The molecule has 0 atom stereocenters. The van der Waals surface area contributed by atoms with Crippen LogP contribution in [0.4, 0.5) is 0 Å². The van der Waals surface area contributed by atoms with Crippen LogP contribution in [0.25, 0.3) is 0 Å². The molecule has 0 fully saturated rings. The predicted octanol–water partition coefficient (Wildman–Crippen LogP) is 1.85. The third-order valence-corrected chi connectivity index (χ3v) is 3.56. The Morgan fingerprint density at radius 3 is 3.00 bits per heavy atom. The Hall–Kier alpha value is -0.980. The average Bonchev–Trinajstić information content (AvgIpc) is 2.64. The molecule has 0 unspecified atom stereocenters. The highest BCUT2D eigenvalue weighted by molar-refractivity contribution is 8.01. The van der Waals surface area contributed by atoms with E-state index in [0.29, 0.717) is 6.54 Å². The first kappa shape index (κ1) is 10.5. The second-order valence-electron chi connectivity index (χ2n) is 2.90. The lowest BCUT2D eigenvalue weighted by Gasteiger charge is -1.98. The number of hydrogen-bond donors (Lipinski definition) is 1. The number of nitrogens with zero attached hydrogens (tertiary/aromatic N) is 3. The van der Waals surface area contributed by atoms with Gasteiger partial charge in [-0.3, -0.25) is 0 Å². The average molecular weight is 238 g/mol. The molecule has 0 bridgehead atoms. The first-order chi connectivity index (χ1) is 7.28. The number of rotatable bonds is 3. The van der Waals surface area contributed by atoms with E-state index in [0.717, 1.165) is 19.9 Å². The molecule has 2 aromatic rings. The monoisotopic (exact) mass is 238 g/mol. The molecule has 2 heterocycles. The van der Waals surface area contributed by atoms with E-state index >= 15 is 0 Å². The van der Waals surface area contributed by atoms with Crippen molar-refractivity contribution in [2.75, 3.05) is 0 Å². The predicted molar refractivity (Wildman–Crippen MR) is 60.9 cm³/mol. The van der Waals surface area contributed by atoms with Gasteiger partial charge in [0.15, 0.2) is 4.34 Å². The lowest BCUT2D eigenvalue weighted by Crippen LogP contribution is -1.96. The van der Waals surface area contributed by atoms with Crippen molar-refractivity contribution in [3.05, 3.63) is 28.9 Å². The van der Waals surface area contributed by atoms with Gasteiger partial charge in [0, 0.05) is 12.7 Å². The maximum Gasteiger partial charge on any atom is 0.180 e. The molecular weight excluding hydrogens is 228 g/mol. The Labute approximate surface area is 95.9 Å². The Bertz CT molecular complexity index is 455. The largest absolute Gasteiger partial charge is 0.326 e. The zero-order valence-electron chi connectivity index (χ0n) is 8.17. The summed E-state index contributed by atoms with van der Waals surface area (Å²) in [5.74, 6) is 0. The van der Waals surface area contributed by atoms with Gasteiger partial charge in [-0.05, 0) is 36.4 Å². The molecule has 0 spiro atoms. The van der Waals surface area contributed by atoms with Crippen molar-refractivity contribution < 1.29 is 0 Å². The van der Waals surface area contributed by atoms with Gasteiger partial charge in [-0.2, -0.15) is 0 Å². The van der Waals surface area contributed by atoms with E-state index in [-0.39, 0.29) is 0 Å². The molecule has 15 heavy (non-hydrogen) atoms. The van der Waals surface area contributed by atoms with Crippen LogP contribution in [0.5, 0.6) is 0 Å². The van der Waals surface area contributed by atoms with Crippen LogP contribution in [0.3, 0.4) is 0 Å². The van der Waals surface area contributed by atoms with Crippen molar-refractivity contribution in [2.45, 2.75) is 22.8 Å². The highest BCUT2D eigenvalue weighted by atomic mass is 32.2. The van der Waals surface area contributed by atoms with Crippen molar-refractivity contribution in [2.24, 2.45) is 5.73 Å². The zero-order valence-corrected chi connectivity index (χ0v) is 9.81. The molecule has 2 aromatic heterocycles. The second kappa shape index (κ2) is 4.69. The minimum atomic E-state index is 0.533. The van der Waals surface area contributed by atoms with Gasteiger partial charge in [-0.15, -0.1) is 10.2 Å². The molecule has 2 N–H and O–H groups in total. The molecule has 78 valence electrons. The molecule has 0 aliphatic heterocycles. The standard InChI is InChI=1S/C9H10N4S2/c1-6-12-13-9(14-6)15-8-4-7(5-10)2-3-11-8/h2-4H,5,10H2,1H3. The minimum Gasteiger partial charge on any atom is -0.326 e. The Morgan fingerprint density at radius 2 is 2.33 bits per heavy atom. The van der Waals surface area contributed by atoms with Crippen LogP contribution in [0, 0.1) is 6.92 Å². The highest BCUT2D eigenvalue weighted by Crippen LogP contribution is 2.28. The van der Waals surface area contributed by atoms with Crippen LogP contribution in [-0.4, -0.2) is 15.2 Å². The van der Waals surface area contributed by atoms with Crippen LogP contribution in [0.2, 0.25) is 0 Å². The molecule has 0 aliphatic carbocycles. The third kappa shape index (κ3) is 2.74. The van der Waals surface area contributed by atoms with E-state index in [1.54, 1.807) is 17.5 Å². The summed E-state index contributed by atoms with van der Waals surface area (Å²) in [4.78, 5) is 4.24. The number of aromatic nitrogens is 3. The maximum atomic E-state index is 5.55. The van der Waals surface area contributed by atoms with E-state index in [9.17, 15) is 0 Å². The van der Waals surface area contributed by atoms with Crippen molar-refractivity contribution in [3.8, 4) is 0 Å². The van der Waals surface area contributed by atoms with Crippen molar-refractivity contribution in [1.29, 1.82) is 0 Å². The van der Waals surface area contributed by atoms with Gasteiger partial charge >= 0.3 is 0 Å². The summed E-state index contributed by atoms with van der Waals surface area (Å²) in [7, 11) is 0. The fourth-order valence-corrected chi connectivity index (χ4v) is 2.83. The summed E-state index contributed by atoms with van der Waals surface area (Å²) in [6.45, 7) is 2.47. The topological polar surface area (TPSA) is 64.7 Å². The molecule has 0 aromatic carbocycles. The number of hydrogen-bond acceptors (Lipinski definition) is 6. The third-order valence-electron chi connectivity index (χ3n) is 1.73. The first-order valence-corrected chi connectivity index (χ1v) is 6.04. The molecule has 0 saturated heterocycles. The SMILES string of the molecule is Cc1nnc(Sc2cc(CN)ccn2)s1. The van der Waals surface area contributed by atoms with E-state index in [1.165, 1.54) is 11.8 Å². The Balaban J connectivity index is 2.16. The van der Waals surface area contributed by atoms with Gasteiger partial charge < -0.3 is 5.73 Å². The zero-order chi connectivity index (χ0) is 10.7. The van der Waals surface area contributed by atoms with Gasteiger partial charge in [0.05, 0.1) is 0 Å². The summed E-state index contributed by atoms with van der Waals surface area (Å²) in [5, 5.41) is 9.85. The molecular formula is C9H10N4S2. The molecule has 0 aliphatic rings. The van der Waals surface area contributed by atoms with Crippen LogP contribution < -0.4 is 5.73 Å².